The van der Waals surface area contributed by atoms with E-state index in [9.17, 15) is 31.5 Å². The average Bonchev–Trinajstić information content (AvgIpc) is 3.41. The molecule has 10 heteroatoms. The molecule has 1 aliphatic heterocycles. The highest BCUT2D eigenvalue weighted by molar-refractivity contribution is 6.35. The van der Waals surface area contributed by atoms with Crippen molar-refractivity contribution in [2.75, 3.05) is 13.7 Å². The molecule has 0 aliphatic carbocycles. The number of nitrogens with one attached hydrogen (secondary N) is 1. The molecule has 2 amide bonds. The normalized spacial score (nSPS) is 16.9. The van der Waals surface area contributed by atoms with Gasteiger partial charge in [-0.1, -0.05) is 43.3 Å². The van der Waals surface area contributed by atoms with Crippen LogP contribution in [0.4, 0.5) is 22.0 Å². The van der Waals surface area contributed by atoms with E-state index in [0.717, 1.165) is 24.6 Å². The van der Waals surface area contributed by atoms with E-state index in [1.807, 2.05) is 6.92 Å². The molecule has 1 heterocycles. The standard InChI is InChI=1S/C30H29F5N2O3/c1-3-24-10-7-13-37(24)28(39)27(38)36-29(18-19-8-5-4-6-9-19,20-11-12-25(32)26(17-20)40-2)21-14-22(30(33,34)35)16-23(31)15-21/h4-6,8-9,11-12,14-17,24H,3,7,10,13,18H2,1-2H3,(H,36,38)/t24-,29+/m0/s1. The molecule has 2 atom stereocenters. The molecule has 4 rings (SSSR count). The second-order valence-corrected chi connectivity index (χ2v) is 9.80. The molecular formula is C30H29F5N2O3. The summed E-state index contributed by atoms with van der Waals surface area (Å²) in [5, 5.41) is 2.67. The predicted octanol–water partition coefficient (Wildman–Crippen LogP) is 6.00. The summed E-state index contributed by atoms with van der Waals surface area (Å²) >= 11 is 0. The number of methoxy groups -OCH3 is 1. The summed E-state index contributed by atoms with van der Waals surface area (Å²) in [5.41, 5.74) is -2.81. The molecule has 0 bridgehead atoms. The van der Waals surface area contributed by atoms with Gasteiger partial charge in [0.2, 0.25) is 0 Å². The van der Waals surface area contributed by atoms with Crippen LogP contribution in [-0.4, -0.2) is 36.4 Å². The van der Waals surface area contributed by atoms with Gasteiger partial charge in [0.25, 0.3) is 0 Å². The monoisotopic (exact) mass is 560 g/mol. The van der Waals surface area contributed by atoms with E-state index in [4.69, 9.17) is 4.74 Å². The van der Waals surface area contributed by atoms with Crippen LogP contribution in [-0.2, 0) is 27.7 Å². The van der Waals surface area contributed by atoms with Gasteiger partial charge in [-0.25, -0.2) is 8.78 Å². The number of halogens is 5. The fraction of sp³-hybridized carbons (Fsp3) is 0.333. The molecule has 0 saturated carbocycles. The van der Waals surface area contributed by atoms with Gasteiger partial charge in [0.05, 0.1) is 18.2 Å². The molecule has 5 nitrogen and oxygen atoms in total. The molecular weight excluding hydrogens is 531 g/mol. The Morgan fingerprint density at radius 1 is 0.975 bits per heavy atom. The first kappa shape index (κ1) is 29.0. The summed E-state index contributed by atoms with van der Waals surface area (Å²) in [6.45, 7) is 2.25. The second kappa shape index (κ2) is 11.7. The van der Waals surface area contributed by atoms with Crippen LogP contribution in [0.5, 0.6) is 5.75 Å². The van der Waals surface area contributed by atoms with Crippen molar-refractivity contribution in [2.45, 2.75) is 50.4 Å². The number of nitrogens with zero attached hydrogens (tertiary/aromatic N) is 1. The van der Waals surface area contributed by atoms with E-state index in [0.29, 0.717) is 31.0 Å². The zero-order chi connectivity index (χ0) is 29.1. The second-order valence-electron chi connectivity index (χ2n) is 9.80. The van der Waals surface area contributed by atoms with E-state index in [-0.39, 0.29) is 29.3 Å². The van der Waals surface area contributed by atoms with Crippen molar-refractivity contribution in [2.24, 2.45) is 0 Å². The Morgan fingerprint density at radius 3 is 2.33 bits per heavy atom. The third kappa shape index (κ3) is 5.95. The first-order valence-corrected chi connectivity index (χ1v) is 12.9. The zero-order valence-electron chi connectivity index (χ0n) is 22.0. The van der Waals surface area contributed by atoms with Crippen LogP contribution in [0.3, 0.4) is 0 Å². The Labute approximate surface area is 228 Å². The van der Waals surface area contributed by atoms with Gasteiger partial charge in [-0.3, -0.25) is 9.59 Å². The van der Waals surface area contributed by atoms with E-state index in [1.54, 1.807) is 30.3 Å². The third-order valence-corrected chi connectivity index (χ3v) is 7.30. The average molecular weight is 561 g/mol. The molecule has 1 saturated heterocycles. The van der Waals surface area contributed by atoms with Gasteiger partial charge in [0.15, 0.2) is 11.6 Å². The predicted molar refractivity (Wildman–Crippen MR) is 138 cm³/mol. The van der Waals surface area contributed by atoms with Gasteiger partial charge in [-0.2, -0.15) is 13.2 Å². The van der Waals surface area contributed by atoms with Crippen molar-refractivity contribution in [1.82, 2.24) is 10.2 Å². The van der Waals surface area contributed by atoms with Crippen molar-refractivity contribution < 1.29 is 36.3 Å². The van der Waals surface area contributed by atoms with Gasteiger partial charge < -0.3 is 15.0 Å². The molecule has 0 aromatic heterocycles. The number of rotatable bonds is 7. The van der Waals surface area contributed by atoms with Gasteiger partial charge in [-0.05, 0) is 66.3 Å². The van der Waals surface area contributed by atoms with Crippen LogP contribution in [0.1, 0.15) is 48.4 Å². The Balaban J connectivity index is 1.96. The summed E-state index contributed by atoms with van der Waals surface area (Å²) < 4.78 is 75.9. The number of benzene rings is 3. The van der Waals surface area contributed by atoms with Gasteiger partial charge in [-0.15, -0.1) is 0 Å². The maximum Gasteiger partial charge on any atom is 0.416 e. The largest absolute Gasteiger partial charge is 0.494 e. The van der Waals surface area contributed by atoms with E-state index in [1.165, 1.54) is 24.1 Å². The Morgan fingerprint density at radius 2 is 1.68 bits per heavy atom. The van der Waals surface area contributed by atoms with Crippen LogP contribution in [0.15, 0.2) is 66.7 Å². The number of carbonyl (C=O) groups is 2. The lowest BCUT2D eigenvalue weighted by molar-refractivity contribution is -0.147. The molecule has 3 aromatic carbocycles. The third-order valence-electron chi connectivity index (χ3n) is 7.30. The Kier molecular flexibility index (Phi) is 8.46. The number of hydrogen-bond donors (Lipinski definition) is 1. The van der Waals surface area contributed by atoms with E-state index < -0.39 is 40.7 Å². The topological polar surface area (TPSA) is 58.6 Å². The molecule has 0 radical (unpaired) electrons. The van der Waals surface area contributed by atoms with E-state index in [2.05, 4.69) is 5.32 Å². The molecule has 0 unspecified atom stereocenters. The van der Waals surface area contributed by atoms with Gasteiger partial charge in [0, 0.05) is 19.0 Å². The van der Waals surface area contributed by atoms with E-state index >= 15 is 0 Å². The maximum absolute atomic E-state index is 14.8. The fourth-order valence-corrected chi connectivity index (χ4v) is 5.29. The van der Waals surface area contributed by atoms with Crippen molar-refractivity contribution >= 4 is 11.8 Å². The first-order valence-electron chi connectivity index (χ1n) is 12.9. The number of alkyl halides is 3. The molecule has 1 aliphatic rings. The van der Waals surface area contributed by atoms with Crippen LogP contribution >= 0.6 is 0 Å². The van der Waals surface area contributed by atoms with Crippen molar-refractivity contribution in [1.29, 1.82) is 0 Å². The quantitative estimate of drug-likeness (QED) is 0.285. The molecule has 40 heavy (non-hydrogen) atoms. The molecule has 0 spiro atoms. The number of hydrogen-bond acceptors (Lipinski definition) is 3. The number of likely N-dealkylation sites (tertiary alicyclic amines) is 1. The highest BCUT2D eigenvalue weighted by atomic mass is 19.4. The molecule has 1 N–H and O–H groups in total. The van der Waals surface area contributed by atoms with Crippen molar-refractivity contribution in [3.8, 4) is 5.75 Å². The van der Waals surface area contributed by atoms with Crippen molar-refractivity contribution in [3.63, 3.8) is 0 Å². The number of amides is 2. The summed E-state index contributed by atoms with van der Waals surface area (Å²) in [6, 6.07) is 13.8. The van der Waals surface area contributed by atoms with Crippen molar-refractivity contribution in [3.05, 3.63) is 101 Å². The maximum atomic E-state index is 14.8. The van der Waals surface area contributed by atoms with Crippen LogP contribution in [0.25, 0.3) is 0 Å². The lowest BCUT2D eigenvalue weighted by atomic mass is 9.77. The SMILES string of the molecule is CC[C@H]1CCCN1C(=O)C(=O)N[C@@](Cc1ccccc1)(c1cc(F)cc(C(F)(F)F)c1)c1ccc(F)c(OC)c1. The summed E-state index contributed by atoms with van der Waals surface area (Å²) in [7, 11) is 1.21. The lowest BCUT2D eigenvalue weighted by Gasteiger charge is -2.37. The van der Waals surface area contributed by atoms with Gasteiger partial charge in [0.1, 0.15) is 5.82 Å². The Hall–Kier alpha value is -3.95. The first-order chi connectivity index (χ1) is 19.0. The molecule has 3 aromatic rings. The number of carbonyl (C=O) groups excluding carboxylic acids is 2. The minimum atomic E-state index is -4.90. The zero-order valence-corrected chi connectivity index (χ0v) is 22.0. The summed E-state index contributed by atoms with van der Waals surface area (Å²) in [6.07, 6.45) is -3.03. The summed E-state index contributed by atoms with van der Waals surface area (Å²) in [4.78, 5) is 28.4. The van der Waals surface area contributed by atoms with Crippen LogP contribution in [0, 0.1) is 11.6 Å². The highest BCUT2D eigenvalue weighted by Crippen LogP contribution is 2.39. The minimum absolute atomic E-state index is 0.0999. The smallest absolute Gasteiger partial charge is 0.416 e. The molecule has 212 valence electrons. The Bertz CT molecular complexity index is 1380. The molecule has 1 fully saturated rings. The van der Waals surface area contributed by atoms with Crippen LogP contribution in [0.2, 0.25) is 0 Å². The summed E-state index contributed by atoms with van der Waals surface area (Å²) in [5.74, 6) is -4.10. The number of ether oxygens (including phenoxy) is 1. The van der Waals surface area contributed by atoms with Gasteiger partial charge >= 0.3 is 18.0 Å². The lowest BCUT2D eigenvalue weighted by Crippen LogP contribution is -2.54. The highest BCUT2D eigenvalue weighted by Gasteiger charge is 2.42. The minimum Gasteiger partial charge on any atom is -0.494 e. The van der Waals surface area contributed by atoms with Crippen LogP contribution < -0.4 is 10.1 Å². The fourth-order valence-electron chi connectivity index (χ4n) is 5.29.